The Labute approximate surface area is 274 Å². The Balaban J connectivity index is 1.27. The van der Waals surface area contributed by atoms with Crippen LogP contribution in [0.4, 0.5) is 19.4 Å². The van der Waals surface area contributed by atoms with Crippen molar-refractivity contribution in [2.75, 3.05) is 30.4 Å². The van der Waals surface area contributed by atoms with E-state index in [1.165, 1.54) is 43.5 Å². The number of nitrogens with two attached hydrogens (primary N) is 1. The van der Waals surface area contributed by atoms with E-state index in [4.69, 9.17) is 15.2 Å². The molecule has 17 heteroatoms. The predicted octanol–water partition coefficient (Wildman–Crippen LogP) is 3.29. The summed E-state index contributed by atoms with van der Waals surface area (Å²) in [6, 6.07) is 12.8. The fourth-order valence-electron chi connectivity index (χ4n) is 5.14. The molecule has 0 spiro atoms. The maximum atomic E-state index is 13.2. The molecule has 0 saturated carbocycles. The normalized spacial score (nSPS) is 16.9. The van der Waals surface area contributed by atoms with Gasteiger partial charge in [-0.3, -0.25) is 4.79 Å². The molecule has 1 unspecified atom stereocenters. The number of anilines is 1. The Bertz CT molecular complexity index is 1780. The van der Waals surface area contributed by atoms with Crippen molar-refractivity contribution in [1.29, 1.82) is 0 Å². The van der Waals surface area contributed by atoms with Crippen LogP contribution >= 0.6 is 0 Å². The zero-order valence-corrected chi connectivity index (χ0v) is 26.5. The van der Waals surface area contributed by atoms with Gasteiger partial charge in [0.05, 0.1) is 53.3 Å². The van der Waals surface area contributed by atoms with E-state index in [0.717, 1.165) is 5.69 Å². The zero-order chi connectivity index (χ0) is 34.3. The second kappa shape index (κ2) is 15.2. The number of hydrogen-bond acceptors (Lipinski definition) is 11. The fourth-order valence-corrected chi connectivity index (χ4v) is 6.03. The van der Waals surface area contributed by atoms with Crippen molar-refractivity contribution in [2.45, 2.75) is 43.0 Å². The predicted molar refractivity (Wildman–Crippen MR) is 168 cm³/mol. The lowest BCUT2D eigenvalue weighted by Crippen LogP contribution is -2.35. The first-order chi connectivity index (χ1) is 23.0. The molecule has 4 heterocycles. The van der Waals surface area contributed by atoms with E-state index in [0.29, 0.717) is 23.7 Å². The van der Waals surface area contributed by atoms with E-state index in [-0.39, 0.29) is 36.0 Å². The Morgan fingerprint density at radius 3 is 2.48 bits per heavy atom. The minimum absolute atomic E-state index is 0.0796. The molecule has 3 atom stereocenters. The molecular weight excluding hydrogens is 652 g/mol. The summed E-state index contributed by atoms with van der Waals surface area (Å²) >= 11 is 0. The molecule has 0 aliphatic carbocycles. The Morgan fingerprint density at radius 1 is 1.08 bits per heavy atom. The van der Waals surface area contributed by atoms with Gasteiger partial charge >= 0.3 is 12.7 Å². The monoisotopic (exact) mass is 685 g/mol. The lowest BCUT2D eigenvalue weighted by molar-refractivity contribution is -0.131. The molecule has 254 valence electrons. The van der Waals surface area contributed by atoms with E-state index in [2.05, 4.69) is 25.1 Å². The second-order valence-electron chi connectivity index (χ2n) is 10.7. The highest BCUT2D eigenvalue weighted by Gasteiger charge is 2.35. The number of primary amides is 1. The average Bonchev–Trinajstić information content (AvgIpc) is 3.77. The first kappa shape index (κ1) is 34.2. The van der Waals surface area contributed by atoms with Crippen LogP contribution in [0.15, 0.2) is 84.3 Å². The molecule has 48 heavy (non-hydrogen) atoms. The molecule has 5 rings (SSSR count). The lowest BCUT2D eigenvalue weighted by Gasteiger charge is -2.25. The molecule has 1 fully saturated rings. The number of benzene rings is 1. The molecule has 1 aliphatic rings. The van der Waals surface area contributed by atoms with Crippen molar-refractivity contribution in [1.82, 2.24) is 25.1 Å². The topological polar surface area (TPSA) is 181 Å². The van der Waals surface area contributed by atoms with Gasteiger partial charge in [-0.1, -0.05) is 19.1 Å². The number of pyridine rings is 2. The van der Waals surface area contributed by atoms with Crippen LogP contribution in [0, 0.1) is 0 Å². The largest absolute Gasteiger partial charge is 0.472 e. The smallest absolute Gasteiger partial charge is 0.404 e. The second-order valence-corrected chi connectivity index (χ2v) is 13.0. The van der Waals surface area contributed by atoms with Gasteiger partial charge in [-0.2, -0.15) is 13.9 Å². The average molecular weight is 686 g/mol. The van der Waals surface area contributed by atoms with Crippen LogP contribution in [-0.2, 0) is 19.3 Å². The number of amides is 2. The van der Waals surface area contributed by atoms with Crippen molar-refractivity contribution < 1.29 is 41.0 Å². The van der Waals surface area contributed by atoms with Crippen molar-refractivity contribution in [3.8, 4) is 11.6 Å². The van der Waals surface area contributed by atoms with Crippen molar-refractivity contribution >= 4 is 27.7 Å². The first-order valence-electron chi connectivity index (χ1n) is 14.8. The Kier molecular flexibility index (Phi) is 10.8. The summed E-state index contributed by atoms with van der Waals surface area (Å²) in [4.78, 5) is 35.1. The van der Waals surface area contributed by atoms with E-state index in [1.54, 1.807) is 52.4 Å². The van der Waals surface area contributed by atoms with E-state index >= 15 is 0 Å². The summed E-state index contributed by atoms with van der Waals surface area (Å²) in [5, 5.41) is 6.91. The van der Waals surface area contributed by atoms with Crippen molar-refractivity contribution in [3.63, 3.8) is 0 Å². The van der Waals surface area contributed by atoms with Gasteiger partial charge in [0.1, 0.15) is 18.5 Å². The molecule has 1 aliphatic heterocycles. The summed E-state index contributed by atoms with van der Waals surface area (Å²) in [6.07, 6.45) is 5.23. The minimum Gasteiger partial charge on any atom is -0.472 e. The maximum Gasteiger partial charge on any atom is 0.404 e. The molecule has 14 nitrogen and oxygen atoms in total. The van der Waals surface area contributed by atoms with Gasteiger partial charge in [-0.05, 0) is 42.0 Å². The summed E-state index contributed by atoms with van der Waals surface area (Å²) in [6.45, 7) is -1.74. The van der Waals surface area contributed by atoms with Crippen LogP contribution < -0.4 is 20.7 Å². The van der Waals surface area contributed by atoms with Crippen LogP contribution in [0.2, 0.25) is 0 Å². The zero-order valence-electron chi connectivity index (χ0n) is 25.7. The van der Waals surface area contributed by atoms with Gasteiger partial charge in [-0.15, -0.1) is 0 Å². The van der Waals surface area contributed by atoms with Crippen molar-refractivity contribution in [3.05, 3.63) is 90.5 Å². The lowest BCUT2D eigenvalue weighted by atomic mass is 10.1. The number of sulfone groups is 1. The Hall–Kier alpha value is -5.16. The van der Waals surface area contributed by atoms with Gasteiger partial charge in [0, 0.05) is 31.1 Å². The number of aromatic nitrogens is 4. The number of carbonyl (C=O) groups is 2. The third-order valence-corrected chi connectivity index (χ3v) is 9.34. The maximum absolute atomic E-state index is 13.2. The van der Waals surface area contributed by atoms with Gasteiger partial charge in [0.15, 0.2) is 9.84 Å². The van der Waals surface area contributed by atoms with Gasteiger partial charge in [0.25, 0.3) is 5.91 Å². The number of nitrogens with zero attached hydrogens (tertiary/aromatic N) is 5. The number of carbonyl (C=O) groups excluding carboxylic acids is 2. The molecule has 1 saturated heterocycles. The number of alkyl halides is 2. The van der Waals surface area contributed by atoms with Crippen LogP contribution in [0.5, 0.6) is 5.88 Å². The number of ether oxygens (including phenoxy) is 3. The number of halogens is 2. The summed E-state index contributed by atoms with van der Waals surface area (Å²) in [5.74, 6) is 0.109. The summed E-state index contributed by atoms with van der Waals surface area (Å²) in [7, 11) is -3.45. The SMILES string of the molecule is CCS(=O)(=O)c1ccc([C@H](COC(N)=O)NC(=O)c2ccc(N3CC(Oc4ccc(-n5cccn5)cn4)C[C@H]3COC(F)F)nc2)cc1. The number of hydrogen-bond donors (Lipinski definition) is 2. The molecular formula is C31H33F2N7O7S. The standard InChI is InChI=1S/C31H33F2N7O7S/c1-2-48(43,44)25-8-4-20(5-9-25)26(19-46-31(34)42)38-29(41)21-6-10-27(35-15-21)39-17-24(14-23(39)18-45-30(32)33)47-28-11-7-22(16-36-28)40-13-3-12-37-40/h3-13,15-16,23-24,26,30H,2,14,17-19H2,1H3,(H2,34,42)(H,38,41)/t23-,24?,26-/m0/s1. The van der Waals surface area contributed by atoms with Crippen LogP contribution in [0.25, 0.3) is 5.69 Å². The first-order valence-corrected chi connectivity index (χ1v) is 16.5. The minimum atomic E-state index is -3.45. The fraction of sp³-hybridized carbons (Fsp3) is 0.323. The van der Waals surface area contributed by atoms with Crippen LogP contribution in [-0.4, -0.2) is 84.4 Å². The van der Waals surface area contributed by atoms with E-state index in [9.17, 15) is 26.8 Å². The van der Waals surface area contributed by atoms with E-state index in [1.807, 2.05) is 0 Å². The molecule has 4 aromatic rings. The molecule has 2 amide bonds. The van der Waals surface area contributed by atoms with Gasteiger partial charge in [-0.25, -0.2) is 27.9 Å². The molecule has 1 aromatic carbocycles. The Morgan fingerprint density at radius 2 is 1.88 bits per heavy atom. The van der Waals surface area contributed by atoms with E-state index < -0.39 is 46.6 Å². The third-order valence-electron chi connectivity index (χ3n) is 7.59. The highest BCUT2D eigenvalue weighted by Crippen LogP contribution is 2.28. The number of nitrogens with one attached hydrogen (secondary N) is 1. The van der Waals surface area contributed by atoms with Crippen LogP contribution in [0.3, 0.4) is 0 Å². The number of rotatable bonds is 14. The van der Waals surface area contributed by atoms with Gasteiger partial charge < -0.3 is 30.2 Å². The van der Waals surface area contributed by atoms with Crippen molar-refractivity contribution in [2.24, 2.45) is 5.73 Å². The highest BCUT2D eigenvalue weighted by molar-refractivity contribution is 7.91. The molecule has 0 bridgehead atoms. The summed E-state index contributed by atoms with van der Waals surface area (Å²) in [5.41, 5.74) is 6.49. The van der Waals surface area contributed by atoms with Crippen LogP contribution in [0.1, 0.15) is 35.3 Å². The molecule has 0 radical (unpaired) electrons. The quantitative estimate of drug-likeness (QED) is 0.199. The highest BCUT2D eigenvalue weighted by atomic mass is 32.2. The third kappa shape index (κ3) is 8.60. The molecule has 3 N–H and O–H groups in total. The van der Waals surface area contributed by atoms with Gasteiger partial charge in [0.2, 0.25) is 5.88 Å². The summed E-state index contributed by atoms with van der Waals surface area (Å²) < 4.78 is 67.6. The molecule has 3 aromatic heterocycles.